The molecule has 0 radical (unpaired) electrons. The van der Waals surface area contributed by atoms with E-state index in [1.54, 1.807) is 4.90 Å². The lowest BCUT2D eigenvalue weighted by Crippen LogP contribution is -2.55. The molecule has 0 spiro atoms. The molecule has 0 aromatic heterocycles. The van der Waals surface area contributed by atoms with Gasteiger partial charge in [-0.1, -0.05) is 24.3 Å². The van der Waals surface area contributed by atoms with Crippen molar-refractivity contribution in [3.05, 3.63) is 35.4 Å². The molecule has 0 bridgehead atoms. The van der Waals surface area contributed by atoms with Gasteiger partial charge in [-0.05, 0) is 25.0 Å². The van der Waals surface area contributed by atoms with Gasteiger partial charge in [-0.25, -0.2) is 9.59 Å². The van der Waals surface area contributed by atoms with Crippen LogP contribution in [0.25, 0.3) is 0 Å². The van der Waals surface area contributed by atoms with Crippen LogP contribution in [0.4, 0.5) is 4.79 Å². The van der Waals surface area contributed by atoms with E-state index in [1.807, 2.05) is 38.1 Å². The van der Waals surface area contributed by atoms with Crippen molar-refractivity contribution < 1.29 is 23.9 Å². The average molecular weight is 362 g/mol. The van der Waals surface area contributed by atoms with Crippen LogP contribution in [0.2, 0.25) is 0 Å². The van der Waals surface area contributed by atoms with Crippen molar-refractivity contribution in [1.82, 2.24) is 9.80 Å². The van der Waals surface area contributed by atoms with Gasteiger partial charge in [-0.3, -0.25) is 4.79 Å². The highest BCUT2D eigenvalue weighted by atomic mass is 16.5. The summed E-state index contributed by atoms with van der Waals surface area (Å²) in [5, 5.41) is 0. The van der Waals surface area contributed by atoms with Gasteiger partial charge in [-0.2, -0.15) is 0 Å². The third kappa shape index (κ3) is 4.33. The van der Waals surface area contributed by atoms with Crippen molar-refractivity contribution in [3.63, 3.8) is 0 Å². The maximum Gasteiger partial charge on any atom is 0.329 e. The fraction of sp³-hybridized carbons (Fsp3) is 0.526. The Hall–Kier alpha value is -2.57. The first-order valence-corrected chi connectivity index (χ1v) is 8.67. The van der Waals surface area contributed by atoms with Gasteiger partial charge in [0.25, 0.3) is 0 Å². The summed E-state index contributed by atoms with van der Waals surface area (Å²) in [5.74, 6) is -0.818. The molecule has 1 aromatic carbocycles. The molecule has 142 valence electrons. The third-order valence-corrected chi connectivity index (χ3v) is 4.62. The van der Waals surface area contributed by atoms with Gasteiger partial charge in [-0.15, -0.1) is 0 Å². The summed E-state index contributed by atoms with van der Waals surface area (Å²) in [5.41, 5.74) is 2.05. The van der Waals surface area contributed by atoms with Crippen molar-refractivity contribution in [3.8, 4) is 0 Å². The normalized spacial score (nSPS) is 16.0. The molecule has 7 nitrogen and oxygen atoms in total. The van der Waals surface area contributed by atoms with Crippen LogP contribution in [0, 0.1) is 0 Å². The third-order valence-electron chi connectivity index (χ3n) is 4.62. The number of hydrogen-bond donors (Lipinski definition) is 0. The molecule has 2 amide bonds. The maximum absolute atomic E-state index is 13.2. The van der Waals surface area contributed by atoms with Gasteiger partial charge in [0.2, 0.25) is 0 Å². The molecule has 1 aliphatic rings. The molecule has 1 aliphatic heterocycles. The number of amides is 2. The molecule has 1 atom stereocenters. The predicted octanol–water partition coefficient (Wildman–Crippen LogP) is 1.98. The summed E-state index contributed by atoms with van der Waals surface area (Å²) < 4.78 is 9.58. The van der Waals surface area contributed by atoms with Crippen molar-refractivity contribution in [2.45, 2.75) is 45.3 Å². The molecule has 1 aromatic rings. The standard InChI is InChI=1S/C19H26N2O5/c1-13(2)20(10-9-17(22)25-3)19(24)21-12-15-8-6-5-7-14(15)11-16(21)18(23)26-4/h5-8,13,16H,9-12H2,1-4H3/t16-/m0/s1. The molecule has 2 rings (SSSR count). The molecule has 26 heavy (non-hydrogen) atoms. The highest BCUT2D eigenvalue weighted by molar-refractivity contribution is 5.85. The number of hydrogen-bond acceptors (Lipinski definition) is 5. The highest BCUT2D eigenvalue weighted by Gasteiger charge is 2.37. The Kier molecular flexibility index (Phi) is 6.60. The lowest BCUT2D eigenvalue weighted by molar-refractivity contribution is -0.147. The summed E-state index contributed by atoms with van der Waals surface area (Å²) >= 11 is 0. The summed E-state index contributed by atoms with van der Waals surface area (Å²) in [7, 11) is 2.64. The number of benzene rings is 1. The van der Waals surface area contributed by atoms with Crippen LogP contribution in [-0.4, -0.2) is 60.6 Å². The smallest absolute Gasteiger partial charge is 0.329 e. The van der Waals surface area contributed by atoms with E-state index < -0.39 is 12.0 Å². The van der Waals surface area contributed by atoms with Crippen LogP contribution in [0.5, 0.6) is 0 Å². The largest absolute Gasteiger partial charge is 0.469 e. The predicted molar refractivity (Wildman–Crippen MR) is 95.4 cm³/mol. The number of carbonyl (C=O) groups is 3. The van der Waals surface area contributed by atoms with E-state index in [0.29, 0.717) is 13.0 Å². The minimum atomic E-state index is -0.679. The molecular formula is C19H26N2O5. The van der Waals surface area contributed by atoms with Crippen LogP contribution < -0.4 is 0 Å². The first-order valence-electron chi connectivity index (χ1n) is 8.67. The zero-order chi connectivity index (χ0) is 19.3. The maximum atomic E-state index is 13.2. The van der Waals surface area contributed by atoms with Gasteiger partial charge >= 0.3 is 18.0 Å². The zero-order valence-electron chi connectivity index (χ0n) is 15.7. The lowest BCUT2D eigenvalue weighted by atomic mass is 9.94. The minimum absolute atomic E-state index is 0.105. The van der Waals surface area contributed by atoms with Crippen molar-refractivity contribution in [2.24, 2.45) is 0 Å². The fourth-order valence-corrected chi connectivity index (χ4v) is 3.12. The average Bonchev–Trinajstić information content (AvgIpc) is 2.65. The number of ether oxygens (including phenoxy) is 2. The molecule has 0 fully saturated rings. The summed E-state index contributed by atoms with van der Waals surface area (Å²) in [6, 6.07) is 6.67. The second-order valence-corrected chi connectivity index (χ2v) is 6.54. The topological polar surface area (TPSA) is 76.2 Å². The number of esters is 2. The summed E-state index contributed by atoms with van der Waals surface area (Å²) in [6.07, 6.45) is 0.519. The summed E-state index contributed by atoms with van der Waals surface area (Å²) in [4.78, 5) is 40.1. The van der Waals surface area contributed by atoms with Gasteiger partial charge < -0.3 is 19.3 Å². The monoisotopic (exact) mass is 362 g/mol. The zero-order valence-corrected chi connectivity index (χ0v) is 15.7. The number of rotatable bonds is 5. The highest BCUT2D eigenvalue weighted by Crippen LogP contribution is 2.25. The van der Waals surface area contributed by atoms with Crippen LogP contribution in [0.1, 0.15) is 31.4 Å². The molecule has 1 heterocycles. The Bertz CT molecular complexity index is 674. The van der Waals surface area contributed by atoms with Gasteiger partial charge in [0.1, 0.15) is 6.04 Å². The van der Waals surface area contributed by atoms with Crippen LogP contribution in [-0.2, 0) is 32.0 Å². The number of methoxy groups -OCH3 is 2. The number of nitrogens with zero attached hydrogens (tertiary/aromatic N) is 2. The van der Waals surface area contributed by atoms with Crippen LogP contribution >= 0.6 is 0 Å². The van der Waals surface area contributed by atoms with E-state index in [2.05, 4.69) is 4.74 Å². The summed E-state index contributed by atoms with van der Waals surface area (Å²) in [6.45, 7) is 4.31. The van der Waals surface area contributed by atoms with Crippen molar-refractivity contribution >= 4 is 18.0 Å². The van der Waals surface area contributed by atoms with Crippen LogP contribution in [0.3, 0.4) is 0 Å². The van der Waals surface area contributed by atoms with Gasteiger partial charge in [0.15, 0.2) is 0 Å². The van der Waals surface area contributed by atoms with Gasteiger partial charge in [0.05, 0.1) is 20.6 Å². The first-order chi connectivity index (χ1) is 12.4. The lowest BCUT2D eigenvalue weighted by Gasteiger charge is -2.39. The second kappa shape index (κ2) is 8.69. The Morgan fingerprint density at radius 3 is 2.38 bits per heavy atom. The minimum Gasteiger partial charge on any atom is -0.469 e. The first kappa shape index (κ1) is 19.8. The SMILES string of the molecule is COC(=O)CCN(C(=O)N1Cc2ccccc2C[C@H]1C(=O)OC)C(C)C. The van der Waals surface area contributed by atoms with E-state index in [9.17, 15) is 14.4 Å². The van der Waals surface area contributed by atoms with E-state index in [1.165, 1.54) is 19.1 Å². The van der Waals surface area contributed by atoms with Gasteiger partial charge in [0, 0.05) is 25.6 Å². The molecule has 0 aliphatic carbocycles. The number of fused-ring (bicyclic) bond motifs is 1. The second-order valence-electron chi connectivity index (χ2n) is 6.54. The van der Waals surface area contributed by atoms with E-state index in [0.717, 1.165) is 11.1 Å². The molecule has 0 saturated heterocycles. The molecule has 7 heteroatoms. The Morgan fingerprint density at radius 2 is 1.81 bits per heavy atom. The number of urea groups is 1. The molecular weight excluding hydrogens is 336 g/mol. The quantitative estimate of drug-likeness (QED) is 0.749. The fourth-order valence-electron chi connectivity index (χ4n) is 3.12. The molecule has 0 N–H and O–H groups in total. The van der Waals surface area contributed by atoms with Crippen molar-refractivity contribution in [1.29, 1.82) is 0 Å². The Labute approximate surface area is 153 Å². The van der Waals surface area contributed by atoms with Crippen LogP contribution in [0.15, 0.2) is 24.3 Å². The Morgan fingerprint density at radius 1 is 1.15 bits per heavy atom. The number of carbonyl (C=O) groups excluding carboxylic acids is 3. The van der Waals surface area contributed by atoms with E-state index in [-0.39, 0.29) is 31.0 Å². The Balaban J connectivity index is 2.26. The van der Waals surface area contributed by atoms with E-state index >= 15 is 0 Å². The molecule has 0 unspecified atom stereocenters. The van der Waals surface area contributed by atoms with E-state index in [4.69, 9.17) is 4.74 Å². The molecule has 0 saturated carbocycles. The van der Waals surface area contributed by atoms with Crippen molar-refractivity contribution in [2.75, 3.05) is 20.8 Å².